The highest BCUT2D eigenvalue weighted by molar-refractivity contribution is 5.77. The largest absolute Gasteiger partial charge is 0.548 e. The standard InChI is InChI=1S/C20H20N2O5/c1-19(2)15-5-3-4-6-16(15)21(12-18(23)24)20(19)10-9-13-11-14(22(25)26)7-8-17(13)27-20/h3-6,9-11H,7-8,12H2,1-2H3,(H,23,24)/p-1/t20-/m1/s1. The molecule has 7 heteroatoms. The molecule has 4 rings (SSSR count). The monoisotopic (exact) mass is 367 g/mol. The third-order valence-corrected chi connectivity index (χ3v) is 5.71. The summed E-state index contributed by atoms with van der Waals surface area (Å²) in [6, 6.07) is 7.63. The van der Waals surface area contributed by atoms with Gasteiger partial charge in [0, 0.05) is 30.2 Å². The Labute approximate surface area is 156 Å². The molecule has 1 aromatic rings. The number of carbonyl (C=O) groups excluding carboxylic acids is 1. The molecule has 0 saturated carbocycles. The Kier molecular flexibility index (Phi) is 3.66. The van der Waals surface area contributed by atoms with Crippen LogP contribution < -0.4 is 10.0 Å². The van der Waals surface area contributed by atoms with Crippen molar-refractivity contribution in [3.05, 3.63) is 75.2 Å². The van der Waals surface area contributed by atoms with E-state index in [0.29, 0.717) is 17.8 Å². The second kappa shape index (κ2) is 5.70. The molecule has 0 N–H and O–H groups in total. The molecule has 7 nitrogen and oxygen atoms in total. The minimum Gasteiger partial charge on any atom is -0.548 e. The number of carbonyl (C=O) groups is 1. The maximum absolute atomic E-state index is 11.5. The van der Waals surface area contributed by atoms with Crippen LogP contribution in [-0.2, 0) is 14.9 Å². The quantitative estimate of drug-likeness (QED) is 0.599. The lowest BCUT2D eigenvalue weighted by Gasteiger charge is -2.48. The van der Waals surface area contributed by atoms with Gasteiger partial charge in [0.05, 0.1) is 22.9 Å². The summed E-state index contributed by atoms with van der Waals surface area (Å²) in [6.45, 7) is 3.71. The predicted molar refractivity (Wildman–Crippen MR) is 96.1 cm³/mol. The van der Waals surface area contributed by atoms with Crippen LogP contribution in [0.4, 0.5) is 5.69 Å². The Morgan fingerprint density at radius 2 is 2.04 bits per heavy atom. The summed E-state index contributed by atoms with van der Waals surface area (Å²) >= 11 is 0. The van der Waals surface area contributed by atoms with Crippen LogP contribution in [0.25, 0.3) is 0 Å². The van der Waals surface area contributed by atoms with Crippen molar-refractivity contribution in [2.45, 2.75) is 37.8 Å². The highest BCUT2D eigenvalue weighted by Gasteiger charge is 2.59. The predicted octanol–water partition coefficient (Wildman–Crippen LogP) is 2.03. The Morgan fingerprint density at radius 1 is 1.30 bits per heavy atom. The number of rotatable bonds is 3. The first-order valence-corrected chi connectivity index (χ1v) is 8.79. The molecule has 2 heterocycles. The summed E-state index contributed by atoms with van der Waals surface area (Å²) in [6.07, 6.45) is 5.83. The van der Waals surface area contributed by atoms with Crippen molar-refractivity contribution in [2.24, 2.45) is 0 Å². The summed E-state index contributed by atoms with van der Waals surface area (Å²) < 4.78 is 6.44. The van der Waals surface area contributed by atoms with Crippen LogP contribution in [-0.4, -0.2) is 23.2 Å². The molecule has 1 aliphatic carbocycles. The number of allylic oxidation sites excluding steroid dienone is 5. The maximum atomic E-state index is 11.5. The summed E-state index contributed by atoms with van der Waals surface area (Å²) in [4.78, 5) is 23.9. The lowest BCUT2D eigenvalue weighted by atomic mass is 9.76. The average Bonchev–Trinajstić information content (AvgIpc) is 2.80. The van der Waals surface area contributed by atoms with Gasteiger partial charge in [-0.1, -0.05) is 18.2 Å². The van der Waals surface area contributed by atoms with E-state index in [1.807, 2.05) is 44.2 Å². The number of fused-ring (bicyclic) bond motifs is 1. The molecule has 0 bridgehead atoms. The van der Waals surface area contributed by atoms with Gasteiger partial charge in [-0.3, -0.25) is 10.1 Å². The van der Waals surface area contributed by atoms with Crippen LogP contribution >= 0.6 is 0 Å². The van der Waals surface area contributed by atoms with Crippen LogP contribution in [0.1, 0.15) is 32.3 Å². The fourth-order valence-corrected chi connectivity index (χ4v) is 4.30. The van der Waals surface area contributed by atoms with Crippen LogP contribution in [0.3, 0.4) is 0 Å². The van der Waals surface area contributed by atoms with Crippen molar-refractivity contribution in [3.63, 3.8) is 0 Å². The Balaban J connectivity index is 1.82. The highest BCUT2D eigenvalue weighted by atomic mass is 16.6. The van der Waals surface area contributed by atoms with Crippen LogP contribution in [0.5, 0.6) is 0 Å². The van der Waals surface area contributed by atoms with Crippen molar-refractivity contribution >= 4 is 11.7 Å². The molecule has 3 aliphatic rings. The van der Waals surface area contributed by atoms with Gasteiger partial charge in [0.1, 0.15) is 5.76 Å². The number of nitro groups is 1. The van der Waals surface area contributed by atoms with Crippen molar-refractivity contribution in [2.75, 3.05) is 11.4 Å². The number of hydrogen-bond acceptors (Lipinski definition) is 6. The molecule has 0 radical (unpaired) electrons. The van der Waals surface area contributed by atoms with Crippen LogP contribution in [0.2, 0.25) is 0 Å². The Morgan fingerprint density at radius 3 is 2.74 bits per heavy atom. The average molecular weight is 367 g/mol. The third-order valence-electron chi connectivity index (χ3n) is 5.71. The van der Waals surface area contributed by atoms with Gasteiger partial charge < -0.3 is 19.5 Å². The minimum absolute atomic E-state index is 0.151. The van der Waals surface area contributed by atoms with Gasteiger partial charge in [0.15, 0.2) is 0 Å². The van der Waals surface area contributed by atoms with E-state index in [0.717, 1.165) is 11.3 Å². The van der Waals surface area contributed by atoms with Crippen molar-refractivity contribution in [1.82, 2.24) is 0 Å². The van der Waals surface area contributed by atoms with E-state index in [1.54, 1.807) is 11.0 Å². The molecule has 0 saturated heterocycles. The first kappa shape index (κ1) is 17.3. The van der Waals surface area contributed by atoms with Crippen molar-refractivity contribution in [3.8, 4) is 0 Å². The lowest BCUT2D eigenvalue weighted by molar-refractivity contribution is -0.428. The molecule has 1 atom stereocenters. The SMILES string of the molecule is CC1(C)c2ccccc2N(CC(=O)[O-])[C@@]12C=CC1=C(CCC([N+](=O)[O-])=C1)O2. The zero-order chi connectivity index (χ0) is 19.4. The van der Waals surface area contributed by atoms with Gasteiger partial charge >= 0.3 is 0 Å². The number of carboxylic acid groups (broad SMARTS) is 1. The molecule has 1 spiro atoms. The maximum Gasteiger partial charge on any atom is 0.247 e. The number of hydrogen-bond donors (Lipinski definition) is 0. The number of anilines is 1. The first-order valence-electron chi connectivity index (χ1n) is 8.79. The molecular weight excluding hydrogens is 348 g/mol. The molecular formula is C20H19N2O5-. The zero-order valence-electron chi connectivity index (χ0n) is 15.1. The van der Waals surface area contributed by atoms with Gasteiger partial charge in [0.2, 0.25) is 11.4 Å². The molecule has 27 heavy (non-hydrogen) atoms. The Bertz CT molecular complexity index is 943. The number of ether oxygens (including phenoxy) is 1. The molecule has 0 fully saturated rings. The number of aliphatic carboxylic acids is 1. The van der Waals surface area contributed by atoms with E-state index in [-0.39, 0.29) is 23.6 Å². The van der Waals surface area contributed by atoms with Crippen LogP contribution in [0, 0.1) is 10.1 Å². The van der Waals surface area contributed by atoms with E-state index in [4.69, 9.17) is 4.74 Å². The number of para-hydroxylation sites is 1. The van der Waals surface area contributed by atoms with Gasteiger partial charge in [-0.25, -0.2) is 0 Å². The lowest BCUT2D eigenvalue weighted by Crippen LogP contribution is -2.59. The molecule has 140 valence electrons. The van der Waals surface area contributed by atoms with Crippen molar-refractivity contribution < 1.29 is 19.6 Å². The van der Waals surface area contributed by atoms with E-state index >= 15 is 0 Å². The molecule has 2 aliphatic heterocycles. The molecule has 1 aromatic carbocycles. The number of benzene rings is 1. The summed E-state index contributed by atoms with van der Waals surface area (Å²) in [5.41, 5.74) is 1.02. The van der Waals surface area contributed by atoms with E-state index in [1.165, 1.54) is 6.08 Å². The van der Waals surface area contributed by atoms with E-state index in [9.17, 15) is 20.0 Å². The van der Waals surface area contributed by atoms with Gasteiger partial charge in [-0.2, -0.15) is 0 Å². The van der Waals surface area contributed by atoms with Crippen molar-refractivity contribution in [1.29, 1.82) is 0 Å². The Hall–Kier alpha value is -3.09. The molecule has 0 aromatic heterocycles. The smallest absolute Gasteiger partial charge is 0.247 e. The van der Waals surface area contributed by atoms with E-state index in [2.05, 4.69) is 0 Å². The highest BCUT2D eigenvalue weighted by Crippen LogP contribution is 2.55. The minimum atomic E-state index is -1.20. The van der Waals surface area contributed by atoms with Gasteiger partial charge in [-0.15, -0.1) is 0 Å². The molecule has 0 amide bonds. The topological polar surface area (TPSA) is 95.7 Å². The summed E-state index contributed by atoms with van der Waals surface area (Å²) in [5, 5.41) is 22.5. The number of nitrogens with zero attached hydrogens (tertiary/aromatic N) is 2. The second-order valence-corrected chi connectivity index (χ2v) is 7.50. The van der Waals surface area contributed by atoms with Crippen LogP contribution in [0.15, 0.2) is 59.5 Å². The fraction of sp³-hybridized carbons (Fsp3) is 0.350. The second-order valence-electron chi connectivity index (χ2n) is 7.50. The fourth-order valence-electron chi connectivity index (χ4n) is 4.30. The number of carboxylic acids is 1. The first-order chi connectivity index (χ1) is 12.8. The zero-order valence-corrected chi connectivity index (χ0v) is 15.1. The molecule has 0 unspecified atom stereocenters. The van der Waals surface area contributed by atoms with Gasteiger partial charge in [0.25, 0.3) is 0 Å². The summed E-state index contributed by atoms with van der Waals surface area (Å²) in [7, 11) is 0. The normalized spacial score (nSPS) is 25.0. The summed E-state index contributed by atoms with van der Waals surface area (Å²) in [5.74, 6) is -0.551. The third kappa shape index (κ3) is 2.38. The van der Waals surface area contributed by atoms with Gasteiger partial charge in [-0.05, 0) is 37.6 Å². The van der Waals surface area contributed by atoms with E-state index < -0.39 is 17.1 Å².